The number of piperidine rings is 1. The topological polar surface area (TPSA) is 32.3 Å². The van der Waals surface area contributed by atoms with Crippen LogP contribution in [-0.2, 0) is 11.2 Å². The molecule has 1 aromatic carbocycles. The normalized spacial score (nSPS) is 19.1. The van der Waals surface area contributed by atoms with Crippen molar-refractivity contribution in [2.45, 2.75) is 45.6 Å². The molecule has 2 atom stereocenters. The third kappa shape index (κ3) is 4.99. The van der Waals surface area contributed by atoms with Crippen molar-refractivity contribution in [3.63, 3.8) is 0 Å². The number of rotatable bonds is 5. The van der Waals surface area contributed by atoms with E-state index in [1.54, 1.807) is 0 Å². The van der Waals surface area contributed by atoms with E-state index in [1.165, 1.54) is 11.1 Å². The van der Waals surface area contributed by atoms with Crippen LogP contribution in [-0.4, -0.2) is 37.0 Å². The molecule has 1 heterocycles. The lowest BCUT2D eigenvalue weighted by Gasteiger charge is -2.32. The van der Waals surface area contributed by atoms with E-state index >= 15 is 0 Å². The summed E-state index contributed by atoms with van der Waals surface area (Å²) in [6.07, 6.45) is 4.07. The lowest BCUT2D eigenvalue weighted by molar-refractivity contribution is -0.136. The van der Waals surface area contributed by atoms with Crippen LogP contribution in [0.1, 0.15) is 37.3 Å². The van der Waals surface area contributed by atoms with Crippen molar-refractivity contribution in [1.82, 2.24) is 10.2 Å². The number of aryl methyl sites for hydroxylation is 1. The molecule has 22 heavy (non-hydrogen) atoms. The molecule has 0 aromatic heterocycles. The quantitative estimate of drug-likeness (QED) is 0.902. The zero-order valence-electron chi connectivity index (χ0n) is 14.0. The van der Waals surface area contributed by atoms with Crippen LogP contribution in [0.3, 0.4) is 0 Å². The Morgan fingerprint density at radius 2 is 2.05 bits per heavy atom. The predicted octanol–water partition coefficient (Wildman–Crippen LogP) is 3.20. The number of likely N-dealkylation sites (N-methyl/N-ethyl adjacent to an activating group) is 1. The van der Waals surface area contributed by atoms with Crippen LogP contribution in [0.2, 0.25) is 0 Å². The molecule has 3 nitrogen and oxygen atoms in total. The molecule has 0 spiro atoms. The van der Waals surface area contributed by atoms with Crippen molar-refractivity contribution < 1.29 is 4.79 Å². The summed E-state index contributed by atoms with van der Waals surface area (Å²) in [7, 11) is 1.97. The molecule has 1 amide bonds. The van der Waals surface area contributed by atoms with Crippen molar-refractivity contribution in [2.24, 2.45) is 5.92 Å². The first-order chi connectivity index (χ1) is 10.1. The fraction of sp³-hybridized carbons (Fsp3) is 0.611. The number of benzene rings is 1. The minimum Gasteiger partial charge on any atom is -0.342 e. The van der Waals surface area contributed by atoms with Gasteiger partial charge in [-0.1, -0.05) is 36.8 Å². The maximum absolute atomic E-state index is 12.6. The molecule has 2 unspecified atom stereocenters. The van der Waals surface area contributed by atoms with Gasteiger partial charge in [-0.15, -0.1) is 12.4 Å². The van der Waals surface area contributed by atoms with Crippen LogP contribution in [0.25, 0.3) is 0 Å². The van der Waals surface area contributed by atoms with Gasteiger partial charge in [0.1, 0.15) is 0 Å². The lowest BCUT2D eigenvalue weighted by Crippen LogP contribution is -2.46. The third-order valence-electron chi connectivity index (χ3n) is 4.60. The molecule has 0 radical (unpaired) electrons. The molecule has 1 aliphatic rings. The number of carbonyl (C=O) groups is 1. The molecule has 124 valence electrons. The molecule has 1 fully saturated rings. The zero-order chi connectivity index (χ0) is 15.2. The molecule has 0 saturated carbocycles. The Bertz CT molecular complexity index is 455. The fourth-order valence-electron chi connectivity index (χ4n) is 3.08. The van der Waals surface area contributed by atoms with Crippen molar-refractivity contribution in [1.29, 1.82) is 0 Å². The second-order valence-corrected chi connectivity index (χ2v) is 6.24. The second-order valence-electron chi connectivity index (χ2n) is 6.24. The smallest absolute Gasteiger partial charge is 0.226 e. The number of nitrogens with one attached hydrogen (secondary N) is 1. The van der Waals surface area contributed by atoms with Crippen LogP contribution >= 0.6 is 12.4 Å². The first-order valence-electron chi connectivity index (χ1n) is 8.14. The van der Waals surface area contributed by atoms with Crippen molar-refractivity contribution >= 4 is 18.3 Å². The van der Waals surface area contributed by atoms with Crippen molar-refractivity contribution in [2.75, 3.05) is 20.1 Å². The van der Waals surface area contributed by atoms with Gasteiger partial charge in [0.05, 0.1) is 5.92 Å². The summed E-state index contributed by atoms with van der Waals surface area (Å²) in [5.74, 6) is 0.469. The van der Waals surface area contributed by atoms with E-state index < -0.39 is 0 Å². The van der Waals surface area contributed by atoms with Crippen molar-refractivity contribution in [3.8, 4) is 0 Å². The van der Waals surface area contributed by atoms with Crippen LogP contribution in [0.4, 0.5) is 0 Å². The van der Waals surface area contributed by atoms with Gasteiger partial charge in [0.15, 0.2) is 0 Å². The maximum Gasteiger partial charge on any atom is 0.226 e. The van der Waals surface area contributed by atoms with E-state index in [4.69, 9.17) is 0 Å². The number of nitrogens with zero attached hydrogens (tertiary/aromatic N) is 1. The minimum absolute atomic E-state index is 0. The third-order valence-corrected chi connectivity index (χ3v) is 4.60. The van der Waals surface area contributed by atoms with Crippen LogP contribution in [0.5, 0.6) is 0 Å². The highest BCUT2D eigenvalue weighted by Gasteiger charge is 2.27. The number of hydrogen-bond acceptors (Lipinski definition) is 2. The summed E-state index contributed by atoms with van der Waals surface area (Å²) < 4.78 is 0. The Balaban J connectivity index is 0.00000242. The summed E-state index contributed by atoms with van der Waals surface area (Å²) >= 11 is 0. The van der Waals surface area contributed by atoms with Crippen LogP contribution in [0.15, 0.2) is 24.3 Å². The van der Waals surface area contributed by atoms with E-state index in [0.717, 1.165) is 38.8 Å². The molecule has 2 rings (SSSR count). The second kappa shape index (κ2) is 9.16. The summed E-state index contributed by atoms with van der Waals surface area (Å²) in [5, 5.41) is 3.34. The molecule has 0 bridgehead atoms. The monoisotopic (exact) mass is 324 g/mol. The van der Waals surface area contributed by atoms with Gasteiger partial charge in [-0.3, -0.25) is 4.79 Å². The molecule has 1 N–H and O–H groups in total. The highest BCUT2D eigenvalue weighted by molar-refractivity contribution is 5.85. The number of hydrogen-bond donors (Lipinski definition) is 1. The summed E-state index contributed by atoms with van der Waals surface area (Å²) in [6.45, 7) is 6.16. The fourth-order valence-corrected chi connectivity index (χ4v) is 3.08. The van der Waals surface area contributed by atoms with Gasteiger partial charge < -0.3 is 10.2 Å². The molecular weight excluding hydrogens is 296 g/mol. The SMILES string of the molecule is CCC(Cc1ccc(C)cc1)N(C)C(=O)C1CCCNC1.Cl. The molecule has 4 heteroatoms. The molecule has 0 aliphatic carbocycles. The standard InChI is InChI=1S/C18H28N2O.ClH/c1-4-17(12-15-9-7-14(2)8-10-15)20(3)18(21)16-6-5-11-19-13-16;/h7-10,16-17,19H,4-6,11-13H2,1-3H3;1H. The summed E-state index contributed by atoms with van der Waals surface area (Å²) in [4.78, 5) is 14.6. The summed E-state index contributed by atoms with van der Waals surface area (Å²) in [5.41, 5.74) is 2.60. The zero-order valence-corrected chi connectivity index (χ0v) is 14.8. The van der Waals surface area contributed by atoms with Gasteiger partial charge in [-0.2, -0.15) is 0 Å². The van der Waals surface area contributed by atoms with Gasteiger partial charge in [0.2, 0.25) is 5.91 Å². The highest BCUT2D eigenvalue weighted by Crippen LogP contribution is 2.18. The van der Waals surface area contributed by atoms with Gasteiger partial charge in [0.25, 0.3) is 0 Å². The van der Waals surface area contributed by atoms with Gasteiger partial charge >= 0.3 is 0 Å². The molecule has 1 aromatic rings. The van der Waals surface area contributed by atoms with Gasteiger partial charge in [0, 0.05) is 19.6 Å². The summed E-state index contributed by atoms with van der Waals surface area (Å²) in [6, 6.07) is 8.95. The maximum atomic E-state index is 12.6. The Morgan fingerprint density at radius 1 is 1.36 bits per heavy atom. The Hall–Kier alpha value is -1.06. The average molecular weight is 325 g/mol. The lowest BCUT2D eigenvalue weighted by atomic mass is 9.96. The molecule has 1 saturated heterocycles. The molecular formula is C18H29ClN2O. The predicted molar refractivity (Wildman–Crippen MR) is 94.6 cm³/mol. The molecule has 1 aliphatic heterocycles. The Morgan fingerprint density at radius 3 is 2.59 bits per heavy atom. The number of carbonyl (C=O) groups excluding carboxylic acids is 1. The van der Waals surface area contributed by atoms with Crippen LogP contribution in [0, 0.1) is 12.8 Å². The average Bonchev–Trinajstić information content (AvgIpc) is 2.54. The Labute approximate surface area is 140 Å². The first kappa shape index (κ1) is 19.0. The van der Waals surface area contributed by atoms with E-state index in [9.17, 15) is 4.79 Å². The number of amides is 1. The number of halogens is 1. The van der Waals surface area contributed by atoms with Crippen molar-refractivity contribution in [3.05, 3.63) is 35.4 Å². The highest BCUT2D eigenvalue weighted by atomic mass is 35.5. The van der Waals surface area contributed by atoms with E-state index in [-0.39, 0.29) is 18.3 Å². The van der Waals surface area contributed by atoms with Gasteiger partial charge in [-0.05, 0) is 44.7 Å². The Kier molecular flexibility index (Phi) is 7.91. The van der Waals surface area contributed by atoms with Gasteiger partial charge in [-0.25, -0.2) is 0 Å². The van der Waals surface area contributed by atoms with E-state index in [0.29, 0.717) is 11.9 Å². The van der Waals surface area contributed by atoms with Crippen LogP contribution < -0.4 is 5.32 Å². The minimum atomic E-state index is 0. The largest absolute Gasteiger partial charge is 0.342 e. The first-order valence-corrected chi connectivity index (χ1v) is 8.14. The van der Waals surface area contributed by atoms with E-state index in [1.807, 2.05) is 11.9 Å². The van der Waals surface area contributed by atoms with E-state index in [2.05, 4.69) is 43.4 Å².